The lowest BCUT2D eigenvalue weighted by molar-refractivity contribution is -0.0901. The molecule has 0 bridgehead atoms. The lowest BCUT2D eigenvalue weighted by Gasteiger charge is -2.35. The molecular formula is C22H22N4O. The van der Waals surface area contributed by atoms with Crippen molar-refractivity contribution in [3.05, 3.63) is 78.1 Å². The molecule has 5 nitrogen and oxygen atoms in total. The van der Waals surface area contributed by atoms with Gasteiger partial charge in [-0.1, -0.05) is 54.6 Å². The molecule has 1 saturated heterocycles. The fourth-order valence-corrected chi connectivity index (χ4v) is 3.83. The zero-order chi connectivity index (χ0) is 18.1. The molecule has 2 aromatic carbocycles. The first kappa shape index (κ1) is 16.4. The van der Waals surface area contributed by atoms with Crippen molar-refractivity contribution >= 4 is 16.6 Å². The minimum atomic E-state index is -0.462. The highest BCUT2D eigenvalue weighted by Crippen LogP contribution is 2.31. The van der Waals surface area contributed by atoms with Gasteiger partial charge in [0.2, 0.25) is 0 Å². The van der Waals surface area contributed by atoms with Crippen molar-refractivity contribution in [1.82, 2.24) is 15.4 Å². The molecule has 0 unspecified atom stereocenters. The molecule has 0 saturated carbocycles. The van der Waals surface area contributed by atoms with Gasteiger partial charge in [-0.3, -0.25) is 9.88 Å². The fraction of sp³-hybridized carbons (Fsp3) is 0.273. The minimum Gasteiger partial charge on any atom is -0.299 e. The van der Waals surface area contributed by atoms with E-state index in [0.717, 1.165) is 54.8 Å². The summed E-state index contributed by atoms with van der Waals surface area (Å²) in [5.41, 5.74) is 4.75. The number of pyridine rings is 1. The van der Waals surface area contributed by atoms with Crippen LogP contribution in [0.1, 0.15) is 24.1 Å². The second kappa shape index (κ2) is 6.76. The summed E-state index contributed by atoms with van der Waals surface area (Å²) in [6.07, 6.45) is 3.65. The molecule has 0 aliphatic carbocycles. The summed E-state index contributed by atoms with van der Waals surface area (Å²) < 4.78 is 0. The van der Waals surface area contributed by atoms with Gasteiger partial charge in [0.1, 0.15) is 5.69 Å². The highest BCUT2D eigenvalue weighted by molar-refractivity contribution is 6.00. The SMILES string of the molecule is c1ccc(CN2CCC3(CC2)N=C(c2cc4ccccc4cn2)NO3)cc1. The number of hydrogen-bond acceptors (Lipinski definition) is 5. The van der Waals surface area contributed by atoms with Crippen LogP contribution in [0.25, 0.3) is 10.8 Å². The predicted molar refractivity (Wildman–Crippen MR) is 106 cm³/mol. The molecule has 0 atom stereocenters. The van der Waals surface area contributed by atoms with E-state index in [1.807, 2.05) is 18.3 Å². The maximum absolute atomic E-state index is 5.94. The maximum Gasteiger partial charge on any atom is 0.190 e. The van der Waals surface area contributed by atoms with Gasteiger partial charge in [-0.2, -0.15) is 0 Å². The van der Waals surface area contributed by atoms with E-state index >= 15 is 0 Å². The zero-order valence-electron chi connectivity index (χ0n) is 15.1. The maximum atomic E-state index is 5.94. The molecule has 2 aliphatic rings. The molecular weight excluding hydrogens is 336 g/mol. The van der Waals surface area contributed by atoms with Gasteiger partial charge in [0, 0.05) is 44.1 Å². The van der Waals surface area contributed by atoms with Crippen LogP contribution in [0.5, 0.6) is 0 Å². The second-order valence-corrected chi connectivity index (χ2v) is 7.29. The number of aromatic nitrogens is 1. The van der Waals surface area contributed by atoms with Crippen LogP contribution in [0, 0.1) is 0 Å². The molecule has 1 N–H and O–H groups in total. The molecule has 3 heterocycles. The first-order chi connectivity index (χ1) is 13.3. The van der Waals surface area contributed by atoms with Crippen molar-refractivity contribution < 1.29 is 4.84 Å². The van der Waals surface area contributed by atoms with Gasteiger partial charge < -0.3 is 0 Å². The summed E-state index contributed by atoms with van der Waals surface area (Å²) in [6.45, 7) is 2.92. The van der Waals surface area contributed by atoms with Crippen LogP contribution in [0.2, 0.25) is 0 Å². The average Bonchev–Trinajstić information content (AvgIpc) is 3.14. The van der Waals surface area contributed by atoms with Crippen molar-refractivity contribution in [2.24, 2.45) is 4.99 Å². The number of piperidine rings is 1. The molecule has 1 aromatic heterocycles. The van der Waals surface area contributed by atoms with E-state index in [4.69, 9.17) is 9.83 Å². The minimum absolute atomic E-state index is 0.462. The molecule has 2 aliphatic heterocycles. The Morgan fingerprint density at radius 1 is 0.963 bits per heavy atom. The standard InChI is InChI=1S/C22H22N4O/c1-2-6-17(7-3-1)16-26-12-10-22(11-13-26)24-21(25-27-22)20-14-18-8-4-5-9-19(18)15-23-20/h1-9,14-15H,10-13,16H2,(H,24,25). The Hall–Kier alpha value is -2.76. The number of likely N-dealkylation sites (tertiary alicyclic amines) is 1. The van der Waals surface area contributed by atoms with E-state index in [9.17, 15) is 0 Å². The first-order valence-corrected chi connectivity index (χ1v) is 9.45. The summed E-state index contributed by atoms with van der Waals surface area (Å²) in [7, 11) is 0. The lowest BCUT2D eigenvalue weighted by Crippen LogP contribution is -2.44. The Morgan fingerprint density at radius 3 is 2.52 bits per heavy atom. The van der Waals surface area contributed by atoms with E-state index in [2.05, 4.69) is 63.9 Å². The number of fused-ring (bicyclic) bond motifs is 1. The van der Waals surface area contributed by atoms with E-state index in [-0.39, 0.29) is 0 Å². The van der Waals surface area contributed by atoms with E-state index < -0.39 is 5.72 Å². The van der Waals surface area contributed by atoms with Crippen molar-refractivity contribution in [2.45, 2.75) is 25.1 Å². The number of hydrogen-bond donors (Lipinski definition) is 1. The Bertz CT molecular complexity index is 978. The lowest BCUT2D eigenvalue weighted by atomic mass is 10.0. The van der Waals surface area contributed by atoms with Crippen LogP contribution in [0.4, 0.5) is 0 Å². The first-order valence-electron chi connectivity index (χ1n) is 9.45. The highest BCUT2D eigenvalue weighted by Gasteiger charge is 2.40. The van der Waals surface area contributed by atoms with Crippen molar-refractivity contribution in [3.63, 3.8) is 0 Å². The average molecular weight is 358 g/mol. The van der Waals surface area contributed by atoms with Gasteiger partial charge in [-0.15, -0.1) is 0 Å². The molecule has 0 radical (unpaired) electrons. The third-order valence-electron chi connectivity index (χ3n) is 5.41. The second-order valence-electron chi connectivity index (χ2n) is 7.29. The largest absolute Gasteiger partial charge is 0.299 e. The Balaban J connectivity index is 1.30. The summed E-state index contributed by atoms with van der Waals surface area (Å²) in [4.78, 5) is 17.8. The van der Waals surface area contributed by atoms with E-state index in [0.29, 0.717) is 0 Å². The van der Waals surface area contributed by atoms with Crippen LogP contribution in [0.15, 0.2) is 71.9 Å². The third-order valence-corrected chi connectivity index (χ3v) is 5.41. The summed E-state index contributed by atoms with van der Waals surface area (Å²) in [5, 5.41) is 2.29. The number of aliphatic imine (C=N–C) groups is 1. The number of amidine groups is 1. The topological polar surface area (TPSA) is 49.8 Å². The van der Waals surface area contributed by atoms with Crippen molar-refractivity contribution in [2.75, 3.05) is 13.1 Å². The molecule has 5 heteroatoms. The molecule has 136 valence electrons. The molecule has 3 aromatic rings. The van der Waals surface area contributed by atoms with Crippen LogP contribution in [-0.4, -0.2) is 34.5 Å². The Kier molecular flexibility index (Phi) is 4.11. The Labute approximate surface area is 158 Å². The molecule has 0 amide bonds. The summed E-state index contributed by atoms with van der Waals surface area (Å²) in [6, 6.07) is 20.9. The van der Waals surface area contributed by atoms with E-state index in [1.54, 1.807) is 0 Å². The number of nitrogens with one attached hydrogen (secondary N) is 1. The monoisotopic (exact) mass is 358 g/mol. The van der Waals surface area contributed by atoms with Gasteiger partial charge in [-0.05, 0) is 17.0 Å². The van der Waals surface area contributed by atoms with Crippen LogP contribution in [0.3, 0.4) is 0 Å². The van der Waals surface area contributed by atoms with Crippen molar-refractivity contribution in [1.29, 1.82) is 0 Å². The molecule has 27 heavy (non-hydrogen) atoms. The predicted octanol–water partition coefficient (Wildman–Crippen LogP) is 3.51. The van der Waals surface area contributed by atoms with Gasteiger partial charge in [0.05, 0.1) is 0 Å². The Morgan fingerprint density at radius 2 is 1.70 bits per heavy atom. The fourth-order valence-electron chi connectivity index (χ4n) is 3.83. The highest BCUT2D eigenvalue weighted by atomic mass is 16.7. The quantitative estimate of drug-likeness (QED) is 0.778. The zero-order valence-corrected chi connectivity index (χ0v) is 15.1. The van der Waals surface area contributed by atoms with Gasteiger partial charge in [0.15, 0.2) is 11.6 Å². The normalized spacial score (nSPS) is 19.2. The smallest absolute Gasteiger partial charge is 0.190 e. The van der Waals surface area contributed by atoms with Gasteiger partial charge in [0.25, 0.3) is 0 Å². The molecule has 1 spiro atoms. The summed E-state index contributed by atoms with van der Waals surface area (Å²) >= 11 is 0. The van der Waals surface area contributed by atoms with Gasteiger partial charge >= 0.3 is 0 Å². The third kappa shape index (κ3) is 3.31. The number of benzene rings is 2. The van der Waals surface area contributed by atoms with E-state index in [1.165, 1.54) is 5.56 Å². The number of hydroxylamine groups is 1. The van der Waals surface area contributed by atoms with Crippen LogP contribution < -0.4 is 5.48 Å². The van der Waals surface area contributed by atoms with Crippen LogP contribution in [-0.2, 0) is 11.4 Å². The van der Waals surface area contributed by atoms with Crippen molar-refractivity contribution in [3.8, 4) is 0 Å². The van der Waals surface area contributed by atoms with Gasteiger partial charge in [-0.25, -0.2) is 15.3 Å². The number of rotatable bonds is 3. The summed E-state index contributed by atoms with van der Waals surface area (Å²) in [5.74, 6) is 0.734. The number of nitrogens with zero attached hydrogens (tertiary/aromatic N) is 3. The molecule has 1 fully saturated rings. The van der Waals surface area contributed by atoms with Crippen LogP contribution >= 0.6 is 0 Å². The molecule has 5 rings (SSSR count).